The number of nitrogens with zero attached hydrogens (tertiary/aromatic N) is 1. The van der Waals surface area contributed by atoms with E-state index in [0.29, 0.717) is 6.04 Å². The van der Waals surface area contributed by atoms with Crippen molar-refractivity contribution >= 4 is 5.91 Å². The average Bonchev–Trinajstić information content (AvgIpc) is 2.17. The molecular formula is C11H22N2O. The zero-order chi connectivity index (χ0) is 10.6. The second-order valence-corrected chi connectivity index (χ2v) is 4.31. The highest BCUT2D eigenvalue weighted by Gasteiger charge is 2.25. The van der Waals surface area contributed by atoms with E-state index in [2.05, 4.69) is 19.2 Å². The molecule has 1 aliphatic heterocycles. The van der Waals surface area contributed by atoms with Crippen LogP contribution in [0.5, 0.6) is 0 Å². The van der Waals surface area contributed by atoms with Gasteiger partial charge in [-0.2, -0.15) is 0 Å². The Bertz CT molecular complexity index is 194. The van der Waals surface area contributed by atoms with Gasteiger partial charge in [0.15, 0.2) is 0 Å². The predicted octanol–water partition coefficient (Wildman–Crippen LogP) is 1.39. The number of carbonyl (C=O) groups excluding carboxylic acids is 1. The smallest absolute Gasteiger partial charge is 0.239 e. The number of hydrogen-bond donors (Lipinski definition) is 1. The van der Waals surface area contributed by atoms with Crippen LogP contribution in [0, 0.1) is 0 Å². The Kier molecular flexibility index (Phi) is 4.39. The van der Waals surface area contributed by atoms with Gasteiger partial charge in [0.05, 0.1) is 6.04 Å². The molecular weight excluding hydrogens is 176 g/mol. The van der Waals surface area contributed by atoms with Gasteiger partial charge in [-0.1, -0.05) is 6.92 Å². The molecule has 0 aromatic heterocycles. The van der Waals surface area contributed by atoms with Crippen LogP contribution in [0.15, 0.2) is 0 Å². The first kappa shape index (κ1) is 11.5. The SMILES string of the molecule is CCCN(C)C(=O)C1CCCC(C)N1. The minimum absolute atomic E-state index is 0.0651. The summed E-state index contributed by atoms with van der Waals surface area (Å²) in [5, 5.41) is 3.36. The van der Waals surface area contributed by atoms with Gasteiger partial charge in [-0.15, -0.1) is 0 Å². The first-order valence-corrected chi connectivity index (χ1v) is 5.66. The molecule has 14 heavy (non-hydrogen) atoms. The molecule has 82 valence electrons. The Balaban J connectivity index is 2.42. The zero-order valence-electron chi connectivity index (χ0n) is 9.55. The summed E-state index contributed by atoms with van der Waals surface area (Å²) in [6, 6.07) is 0.558. The van der Waals surface area contributed by atoms with Crippen LogP contribution < -0.4 is 5.32 Å². The molecule has 1 amide bonds. The van der Waals surface area contributed by atoms with Crippen LogP contribution in [0.2, 0.25) is 0 Å². The molecule has 0 aliphatic carbocycles. The second-order valence-electron chi connectivity index (χ2n) is 4.31. The van der Waals surface area contributed by atoms with Gasteiger partial charge in [0.25, 0.3) is 0 Å². The normalized spacial score (nSPS) is 27.4. The van der Waals surface area contributed by atoms with E-state index < -0.39 is 0 Å². The fourth-order valence-corrected chi connectivity index (χ4v) is 2.04. The molecule has 2 unspecified atom stereocenters. The van der Waals surface area contributed by atoms with Gasteiger partial charge in [0.2, 0.25) is 5.91 Å². The maximum atomic E-state index is 11.9. The van der Waals surface area contributed by atoms with E-state index in [4.69, 9.17) is 0 Å². The van der Waals surface area contributed by atoms with E-state index in [9.17, 15) is 4.79 Å². The average molecular weight is 198 g/mol. The summed E-state index contributed by atoms with van der Waals surface area (Å²) in [4.78, 5) is 13.7. The summed E-state index contributed by atoms with van der Waals surface area (Å²) in [6.07, 6.45) is 4.40. The molecule has 0 aromatic carbocycles. The lowest BCUT2D eigenvalue weighted by Gasteiger charge is -2.30. The van der Waals surface area contributed by atoms with Crippen LogP contribution in [0.1, 0.15) is 39.5 Å². The molecule has 0 aromatic rings. The van der Waals surface area contributed by atoms with E-state index in [1.807, 2.05) is 11.9 Å². The standard InChI is InChI=1S/C11H22N2O/c1-4-8-13(3)11(14)10-7-5-6-9(2)12-10/h9-10,12H,4-8H2,1-3H3. The summed E-state index contributed by atoms with van der Waals surface area (Å²) >= 11 is 0. The molecule has 1 N–H and O–H groups in total. The summed E-state index contributed by atoms with van der Waals surface area (Å²) < 4.78 is 0. The molecule has 1 rings (SSSR count). The maximum absolute atomic E-state index is 11.9. The predicted molar refractivity (Wildman–Crippen MR) is 58.2 cm³/mol. The number of rotatable bonds is 3. The second kappa shape index (κ2) is 5.35. The fraction of sp³-hybridized carbons (Fsp3) is 0.909. The molecule has 1 saturated heterocycles. The third kappa shape index (κ3) is 2.98. The van der Waals surface area contributed by atoms with Gasteiger partial charge in [-0.3, -0.25) is 4.79 Å². The zero-order valence-corrected chi connectivity index (χ0v) is 9.55. The summed E-state index contributed by atoms with van der Waals surface area (Å²) in [5.74, 6) is 0.262. The van der Waals surface area contributed by atoms with Crippen LogP contribution in [-0.4, -0.2) is 36.5 Å². The van der Waals surface area contributed by atoms with Crippen molar-refractivity contribution in [3.05, 3.63) is 0 Å². The van der Waals surface area contributed by atoms with Gasteiger partial charge in [-0.25, -0.2) is 0 Å². The summed E-state index contributed by atoms with van der Waals surface area (Å²) in [7, 11) is 1.90. The number of nitrogens with one attached hydrogen (secondary N) is 1. The minimum atomic E-state index is 0.0651. The van der Waals surface area contributed by atoms with Crippen molar-refractivity contribution in [2.45, 2.75) is 51.6 Å². The van der Waals surface area contributed by atoms with E-state index in [1.165, 1.54) is 12.8 Å². The highest BCUT2D eigenvalue weighted by molar-refractivity contribution is 5.81. The monoisotopic (exact) mass is 198 g/mol. The van der Waals surface area contributed by atoms with Gasteiger partial charge < -0.3 is 10.2 Å². The molecule has 3 heteroatoms. The van der Waals surface area contributed by atoms with Crippen molar-refractivity contribution < 1.29 is 4.79 Å². The van der Waals surface area contributed by atoms with Crippen molar-refractivity contribution in [2.24, 2.45) is 0 Å². The highest BCUT2D eigenvalue weighted by atomic mass is 16.2. The highest BCUT2D eigenvalue weighted by Crippen LogP contribution is 2.13. The van der Waals surface area contributed by atoms with Crippen molar-refractivity contribution in [1.29, 1.82) is 0 Å². The maximum Gasteiger partial charge on any atom is 0.239 e. The Hall–Kier alpha value is -0.570. The van der Waals surface area contributed by atoms with Crippen LogP contribution in [-0.2, 0) is 4.79 Å². The molecule has 1 heterocycles. The molecule has 2 atom stereocenters. The Morgan fingerprint density at radius 1 is 1.50 bits per heavy atom. The van der Waals surface area contributed by atoms with Gasteiger partial charge >= 0.3 is 0 Å². The first-order valence-electron chi connectivity index (χ1n) is 5.66. The van der Waals surface area contributed by atoms with E-state index in [0.717, 1.165) is 19.4 Å². The van der Waals surface area contributed by atoms with E-state index in [-0.39, 0.29) is 11.9 Å². The minimum Gasteiger partial charge on any atom is -0.344 e. The third-order valence-electron chi connectivity index (χ3n) is 2.85. The number of carbonyl (C=O) groups is 1. The van der Waals surface area contributed by atoms with Crippen LogP contribution in [0.25, 0.3) is 0 Å². The lowest BCUT2D eigenvalue weighted by atomic mass is 9.99. The van der Waals surface area contributed by atoms with Crippen molar-refractivity contribution in [1.82, 2.24) is 10.2 Å². The first-order chi connectivity index (χ1) is 6.65. The molecule has 1 aliphatic rings. The molecule has 1 fully saturated rings. The lowest BCUT2D eigenvalue weighted by Crippen LogP contribution is -2.50. The van der Waals surface area contributed by atoms with Crippen molar-refractivity contribution in [3.8, 4) is 0 Å². The lowest BCUT2D eigenvalue weighted by molar-refractivity contribution is -0.133. The molecule has 0 saturated carbocycles. The van der Waals surface area contributed by atoms with Crippen LogP contribution in [0.3, 0.4) is 0 Å². The van der Waals surface area contributed by atoms with Gasteiger partial charge in [-0.05, 0) is 32.6 Å². The van der Waals surface area contributed by atoms with Gasteiger partial charge in [0.1, 0.15) is 0 Å². The molecule has 3 nitrogen and oxygen atoms in total. The summed E-state index contributed by atoms with van der Waals surface area (Å²) in [6.45, 7) is 5.12. The largest absolute Gasteiger partial charge is 0.344 e. The van der Waals surface area contributed by atoms with Crippen molar-refractivity contribution in [2.75, 3.05) is 13.6 Å². The number of amides is 1. The molecule has 0 spiro atoms. The number of hydrogen-bond acceptors (Lipinski definition) is 2. The molecule has 0 radical (unpaired) electrons. The topological polar surface area (TPSA) is 32.3 Å². The Morgan fingerprint density at radius 2 is 2.21 bits per heavy atom. The van der Waals surface area contributed by atoms with Crippen LogP contribution in [0.4, 0.5) is 0 Å². The van der Waals surface area contributed by atoms with E-state index >= 15 is 0 Å². The van der Waals surface area contributed by atoms with Gasteiger partial charge in [0, 0.05) is 19.6 Å². The van der Waals surface area contributed by atoms with E-state index in [1.54, 1.807) is 0 Å². The van der Waals surface area contributed by atoms with Crippen molar-refractivity contribution in [3.63, 3.8) is 0 Å². The summed E-state index contributed by atoms with van der Waals surface area (Å²) in [5.41, 5.74) is 0. The number of likely N-dealkylation sites (N-methyl/N-ethyl adjacent to an activating group) is 1. The van der Waals surface area contributed by atoms with Crippen LogP contribution >= 0.6 is 0 Å². The fourth-order valence-electron chi connectivity index (χ4n) is 2.04. The molecule has 0 bridgehead atoms. The Labute approximate surface area is 86.9 Å². The number of piperidine rings is 1. The third-order valence-corrected chi connectivity index (χ3v) is 2.85. The Morgan fingerprint density at radius 3 is 2.79 bits per heavy atom. The quantitative estimate of drug-likeness (QED) is 0.743.